The number of hydrogen-bond donors (Lipinski definition) is 1. The molecule has 0 fully saturated rings. The van der Waals surface area contributed by atoms with Gasteiger partial charge in [0.05, 0.1) is 6.54 Å². The van der Waals surface area contributed by atoms with Crippen molar-refractivity contribution in [3.05, 3.63) is 11.7 Å². The predicted octanol–water partition coefficient (Wildman–Crippen LogP) is 1.91. The van der Waals surface area contributed by atoms with Crippen molar-refractivity contribution in [3.8, 4) is 0 Å². The molecule has 0 saturated carbocycles. The largest absolute Gasteiger partial charge is 0.338 e. The third-order valence-corrected chi connectivity index (χ3v) is 1.97. The molecule has 1 rings (SSSR count). The number of aryl methyl sites for hydroxylation is 1. The number of rotatable bonds is 7. The van der Waals surface area contributed by atoms with Gasteiger partial charge in [0.25, 0.3) is 0 Å². The highest BCUT2D eigenvalue weighted by Crippen LogP contribution is 2.01. The van der Waals surface area contributed by atoms with Crippen LogP contribution in [0.2, 0.25) is 0 Å². The predicted molar refractivity (Wildman–Crippen MR) is 54.9 cm³/mol. The Hall–Kier alpha value is -0.900. The lowest BCUT2D eigenvalue weighted by Crippen LogP contribution is -2.13. The topological polar surface area (TPSA) is 51.0 Å². The zero-order valence-corrected chi connectivity index (χ0v) is 9.05. The SMILES string of the molecule is CCCCc1noc(CNCCC)n1. The second-order valence-electron chi connectivity index (χ2n) is 3.38. The van der Waals surface area contributed by atoms with E-state index in [9.17, 15) is 0 Å². The lowest BCUT2D eigenvalue weighted by atomic mass is 10.2. The first-order valence-corrected chi connectivity index (χ1v) is 5.39. The van der Waals surface area contributed by atoms with Gasteiger partial charge in [0.2, 0.25) is 5.89 Å². The Labute approximate surface area is 85.1 Å². The van der Waals surface area contributed by atoms with Crippen LogP contribution in [0.4, 0.5) is 0 Å². The monoisotopic (exact) mass is 197 g/mol. The molecule has 14 heavy (non-hydrogen) atoms. The van der Waals surface area contributed by atoms with E-state index < -0.39 is 0 Å². The second-order valence-corrected chi connectivity index (χ2v) is 3.38. The van der Waals surface area contributed by atoms with Crippen molar-refractivity contribution in [2.75, 3.05) is 6.54 Å². The van der Waals surface area contributed by atoms with Crippen LogP contribution < -0.4 is 5.32 Å². The fraction of sp³-hybridized carbons (Fsp3) is 0.800. The Morgan fingerprint density at radius 3 is 2.86 bits per heavy atom. The second kappa shape index (κ2) is 6.54. The lowest BCUT2D eigenvalue weighted by molar-refractivity contribution is 0.362. The molecule has 1 aromatic heterocycles. The first-order valence-electron chi connectivity index (χ1n) is 5.39. The van der Waals surface area contributed by atoms with E-state index in [4.69, 9.17) is 4.52 Å². The molecule has 0 saturated heterocycles. The minimum atomic E-state index is 0.687. The van der Waals surface area contributed by atoms with E-state index in [1.165, 1.54) is 0 Å². The molecule has 0 unspecified atom stereocenters. The summed E-state index contributed by atoms with van der Waals surface area (Å²) in [6.45, 7) is 5.97. The van der Waals surface area contributed by atoms with Gasteiger partial charge < -0.3 is 9.84 Å². The van der Waals surface area contributed by atoms with Gasteiger partial charge in [-0.15, -0.1) is 0 Å². The molecule has 1 aromatic rings. The number of aromatic nitrogens is 2. The van der Waals surface area contributed by atoms with Gasteiger partial charge in [0.1, 0.15) is 0 Å². The van der Waals surface area contributed by atoms with Crippen LogP contribution in [0.1, 0.15) is 44.8 Å². The first-order chi connectivity index (χ1) is 6.86. The van der Waals surface area contributed by atoms with Crippen LogP contribution in [0.3, 0.4) is 0 Å². The normalized spacial score (nSPS) is 10.7. The maximum atomic E-state index is 5.08. The van der Waals surface area contributed by atoms with Crippen molar-refractivity contribution in [1.82, 2.24) is 15.5 Å². The lowest BCUT2D eigenvalue weighted by Gasteiger charge is -1.95. The van der Waals surface area contributed by atoms with Gasteiger partial charge in [-0.2, -0.15) is 4.98 Å². The summed E-state index contributed by atoms with van der Waals surface area (Å²) in [5.41, 5.74) is 0. The molecular formula is C10H19N3O. The molecule has 0 aliphatic rings. The van der Waals surface area contributed by atoms with Gasteiger partial charge in [0.15, 0.2) is 5.82 Å². The van der Waals surface area contributed by atoms with Crippen LogP contribution >= 0.6 is 0 Å². The van der Waals surface area contributed by atoms with Crippen LogP contribution in [-0.2, 0) is 13.0 Å². The van der Waals surface area contributed by atoms with Crippen molar-refractivity contribution < 1.29 is 4.52 Å². The van der Waals surface area contributed by atoms with Crippen molar-refractivity contribution in [3.63, 3.8) is 0 Å². The Balaban J connectivity index is 2.27. The third kappa shape index (κ3) is 3.87. The molecule has 4 heteroatoms. The van der Waals surface area contributed by atoms with Gasteiger partial charge in [-0.3, -0.25) is 0 Å². The molecule has 0 atom stereocenters. The van der Waals surface area contributed by atoms with Gasteiger partial charge in [-0.05, 0) is 19.4 Å². The Morgan fingerprint density at radius 2 is 2.14 bits per heavy atom. The first kappa shape index (κ1) is 11.2. The summed E-state index contributed by atoms with van der Waals surface area (Å²) in [6, 6.07) is 0. The molecule has 0 radical (unpaired) electrons. The molecule has 1 N–H and O–H groups in total. The average molecular weight is 197 g/mol. The Bertz CT molecular complexity index is 247. The highest BCUT2D eigenvalue weighted by Gasteiger charge is 2.04. The van der Waals surface area contributed by atoms with Crippen molar-refractivity contribution in [2.24, 2.45) is 0 Å². The minimum Gasteiger partial charge on any atom is -0.338 e. The summed E-state index contributed by atoms with van der Waals surface area (Å²) in [6.07, 6.45) is 4.34. The summed E-state index contributed by atoms with van der Waals surface area (Å²) in [7, 11) is 0. The molecular weight excluding hydrogens is 178 g/mol. The van der Waals surface area contributed by atoms with Gasteiger partial charge in [-0.1, -0.05) is 25.4 Å². The van der Waals surface area contributed by atoms with Crippen LogP contribution in [0.5, 0.6) is 0 Å². The van der Waals surface area contributed by atoms with E-state index in [-0.39, 0.29) is 0 Å². The van der Waals surface area contributed by atoms with Crippen LogP contribution in [0.25, 0.3) is 0 Å². The maximum absolute atomic E-state index is 5.08. The quantitative estimate of drug-likeness (QED) is 0.678. The molecule has 4 nitrogen and oxygen atoms in total. The van der Waals surface area contributed by atoms with E-state index >= 15 is 0 Å². The fourth-order valence-electron chi connectivity index (χ4n) is 1.17. The van der Waals surface area contributed by atoms with Gasteiger partial charge >= 0.3 is 0 Å². The van der Waals surface area contributed by atoms with Crippen LogP contribution in [0, 0.1) is 0 Å². The maximum Gasteiger partial charge on any atom is 0.240 e. The Kier molecular flexibility index (Phi) is 5.22. The van der Waals surface area contributed by atoms with E-state index in [0.717, 1.165) is 38.1 Å². The number of nitrogens with one attached hydrogen (secondary N) is 1. The number of nitrogens with zero attached hydrogens (tertiary/aromatic N) is 2. The molecule has 0 spiro atoms. The van der Waals surface area contributed by atoms with Crippen LogP contribution in [0.15, 0.2) is 4.52 Å². The third-order valence-electron chi connectivity index (χ3n) is 1.97. The number of hydrogen-bond acceptors (Lipinski definition) is 4. The average Bonchev–Trinajstić information content (AvgIpc) is 2.63. The summed E-state index contributed by atoms with van der Waals surface area (Å²) in [5, 5.41) is 7.13. The number of unbranched alkanes of at least 4 members (excludes halogenated alkanes) is 1. The molecule has 0 amide bonds. The molecule has 80 valence electrons. The van der Waals surface area contributed by atoms with E-state index in [1.807, 2.05) is 0 Å². The highest BCUT2D eigenvalue weighted by atomic mass is 16.5. The molecule has 0 aliphatic carbocycles. The minimum absolute atomic E-state index is 0.687. The fourth-order valence-corrected chi connectivity index (χ4v) is 1.17. The summed E-state index contributed by atoms with van der Waals surface area (Å²) >= 11 is 0. The van der Waals surface area contributed by atoms with E-state index in [1.54, 1.807) is 0 Å². The van der Waals surface area contributed by atoms with E-state index in [0.29, 0.717) is 12.4 Å². The van der Waals surface area contributed by atoms with Crippen molar-refractivity contribution in [2.45, 2.75) is 46.1 Å². The standard InChI is InChI=1S/C10H19N3O/c1-3-5-6-9-12-10(14-13-9)8-11-7-4-2/h11H,3-8H2,1-2H3. The molecule has 0 bridgehead atoms. The summed E-state index contributed by atoms with van der Waals surface area (Å²) in [4.78, 5) is 4.28. The highest BCUT2D eigenvalue weighted by molar-refractivity contribution is 4.85. The summed E-state index contributed by atoms with van der Waals surface area (Å²) < 4.78 is 5.08. The summed E-state index contributed by atoms with van der Waals surface area (Å²) in [5.74, 6) is 1.53. The smallest absolute Gasteiger partial charge is 0.240 e. The van der Waals surface area contributed by atoms with Crippen molar-refractivity contribution >= 4 is 0 Å². The van der Waals surface area contributed by atoms with Crippen LogP contribution in [-0.4, -0.2) is 16.7 Å². The zero-order valence-electron chi connectivity index (χ0n) is 9.05. The van der Waals surface area contributed by atoms with Gasteiger partial charge in [0, 0.05) is 6.42 Å². The zero-order chi connectivity index (χ0) is 10.2. The molecule has 0 aromatic carbocycles. The molecule has 0 aliphatic heterocycles. The van der Waals surface area contributed by atoms with Gasteiger partial charge in [-0.25, -0.2) is 0 Å². The molecule has 1 heterocycles. The Morgan fingerprint density at radius 1 is 1.29 bits per heavy atom. The van der Waals surface area contributed by atoms with Crippen molar-refractivity contribution in [1.29, 1.82) is 0 Å². The van der Waals surface area contributed by atoms with E-state index in [2.05, 4.69) is 29.3 Å².